The van der Waals surface area contributed by atoms with Crippen LogP contribution in [0.3, 0.4) is 0 Å². The number of anilines is 1. The highest BCUT2D eigenvalue weighted by atomic mass is 32.2. The van der Waals surface area contributed by atoms with E-state index in [1.54, 1.807) is 24.0 Å². The summed E-state index contributed by atoms with van der Waals surface area (Å²) in [6, 6.07) is 3.66. The Labute approximate surface area is 145 Å². The molecule has 7 nitrogen and oxygen atoms in total. The molecule has 0 bridgehead atoms. The van der Waals surface area contributed by atoms with E-state index in [2.05, 4.69) is 24.8 Å². The molecule has 1 fully saturated rings. The lowest BCUT2D eigenvalue weighted by Crippen LogP contribution is -2.35. The van der Waals surface area contributed by atoms with E-state index in [0.29, 0.717) is 12.2 Å². The summed E-state index contributed by atoms with van der Waals surface area (Å²) in [5, 5.41) is 0.781. The van der Waals surface area contributed by atoms with Crippen LogP contribution >= 0.6 is 11.8 Å². The maximum absolute atomic E-state index is 12.5. The molecule has 1 aliphatic rings. The molecular weight excluding hydrogens is 324 g/mol. The van der Waals surface area contributed by atoms with E-state index >= 15 is 0 Å². The van der Waals surface area contributed by atoms with Gasteiger partial charge in [0.25, 0.3) is 5.91 Å². The van der Waals surface area contributed by atoms with Gasteiger partial charge in [0.1, 0.15) is 17.8 Å². The molecule has 0 spiro atoms. The molecule has 3 rings (SSSR count). The number of aromatic nitrogens is 4. The van der Waals surface area contributed by atoms with E-state index in [1.165, 1.54) is 6.33 Å². The van der Waals surface area contributed by atoms with Crippen molar-refractivity contribution in [1.82, 2.24) is 24.8 Å². The molecule has 8 heteroatoms. The summed E-state index contributed by atoms with van der Waals surface area (Å²) in [5.41, 5.74) is 1.41. The Hall–Kier alpha value is -2.22. The molecule has 2 aromatic heterocycles. The van der Waals surface area contributed by atoms with Crippen molar-refractivity contribution in [1.29, 1.82) is 0 Å². The number of thioether (sulfide) groups is 1. The quantitative estimate of drug-likeness (QED) is 0.619. The van der Waals surface area contributed by atoms with Crippen molar-refractivity contribution < 1.29 is 4.79 Å². The van der Waals surface area contributed by atoms with Gasteiger partial charge in [-0.2, -0.15) is 0 Å². The number of hydrogen-bond acceptors (Lipinski definition) is 7. The van der Waals surface area contributed by atoms with Crippen molar-refractivity contribution >= 4 is 23.5 Å². The lowest BCUT2D eigenvalue weighted by Gasteiger charge is -2.23. The van der Waals surface area contributed by atoms with Crippen LogP contribution in [-0.2, 0) is 0 Å². The standard InChI is InChI=1S/C16H20N6OS/c1-12-10-14(20-16(19-12)24-2)21-6-3-7-22(9-8-21)15(23)13-4-5-17-11-18-13/h4-5,10-11H,3,6-9H2,1-2H3. The summed E-state index contributed by atoms with van der Waals surface area (Å²) in [6.45, 7) is 4.98. The first-order valence-electron chi connectivity index (χ1n) is 7.87. The van der Waals surface area contributed by atoms with E-state index in [0.717, 1.165) is 42.7 Å². The number of carbonyl (C=O) groups excluding carboxylic acids is 1. The van der Waals surface area contributed by atoms with E-state index in [-0.39, 0.29) is 5.91 Å². The van der Waals surface area contributed by atoms with Crippen LogP contribution in [0, 0.1) is 6.92 Å². The number of nitrogens with zero attached hydrogens (tertiary/aromatic N) is 6. The first-order chi connectivity index (χ1) is 11.7. The summed E-state index contributed by atoms with van der Waals surface area (Å²) in [4.78, 5) is 33.5. The summed E-state index contributed by atoms with van der Waals surface area (Å²) in [5.74, 6) is 0.895. The molecule has 0 radical (unpaired) electrons. The third-order valence-corrected chi connectivity index (χ3v) is 4.46. The van der Waals surface area contributed by atoms with E-state index in [9.17, 15) is 4.79 Å². The number of aryl methyl sites for hydroxylation is 1. The first-order valence-corrected chi connectivity index (χ1v) is 9.10. The largest absolute Gasteiger partial charge is 0.355 e. The van der Waals surface area contributed by atoms with Gasteiger partial charge in [-0.15, -0.1) is 0 Å². The second-order valence-electron chi connectivity index (χ2n) is 5.58. The van der Waals surface area contributed by atoms with E-state index in [4.69, 9.17) is 0 Å². The van der Waals surface area contributed by atoms with Crippen LogP contribution in [0.15, 0.2) is 29.8 Å². The summed E-state index contributed by atoms with van der Waals surface area (Å²) < 4.78 is 0. The molecule has 1 saturated heterocycles. The smallest absolute Gasteiger partial charge is 0.272 e. The van der Waals surface area contributed by atoms with Crippen molar-refractivity contribution in [3.63, 3.8) is 0 Å². The third kappa shape index (κ3) is 3.81. The molecule has 0 N–H and O–H groups in total. The number of rotatable bonds is 3. The Kier molecular flexibility index (Phi) is 5.24. The Morgan fingerprint density at radius 3 is 2.83 bits per heavy atom. The monoisotopic (exact) mass is 344 g/mol. The second kappa shape index (κ2) is 7.57. The van der Waals surface area contributed by atoms with Crippen molar-refractivity contribution in [3.05, 3.63) is 36.0 Å². The van der Waals surface area contributed by atoms with Gasteiger partial charge in [-0.05, 0) is 25.7 Å². The van der Waals surface area contributed by atoms with Gasteiger partial charge in [0, 0.05) is 44.1 Å². The predicted molar refractivity (Wildman–Crippen MR) is 93.3 cm³/mol. The predicted octanol–water partition coefficient (Wildman–Crippen LogP) is 1.65. The molecule has 3 heterocycles. The zero-order valence-electron chi connectivity index (χ0n) is 13.8. The zero-order chi connectivity index (χ0) is 16.9. The fourth-order valence-corrected chi connectivity index (χ4v) is 3.13. The van der Waals surface area contributed by atoms with Gasteiger partial charge in [0.15, 0.2) is 5.16 Å². The fourth-order valence-electron chi connectivity index (χ4n) is 2.71. The van der Waals surface area contributed by atoms with E-state index in [1.807, 2.05) is 24.1 Å². The topological polar surface area (TPSA) is 75.1 Å². The third-order valence-electron chi connectivity index (χ3n) is 3.91. The Bertz CT molecular complexity index is 711. The minimum atomic E-state index is -0.0390. The van der Waals surface area contributed by atoms with E-state index < -0.39 is 0 Å². The van der Waals surface area contributed by atoms with Crippen molar-refractivity contribution in [3.8, 4) is 0 Å². The number of hydrogen-bond donors (Lipinski definition) is 0. The summed E-state index contributed by atoms with van der Waals surface area (Å²) >= 11 is 1.54. The Morgan fingerprint density at radius 2 is 2.08 bits per heavy atom. The Balaban J connectivity index is 1.71. The molecule has 1 aliphatic heterocycles. The average molecular weight is 344 g/mol. The van der Waals surface area contributed by atoms with Crippen LogP contribution in [-0.4, -0.2) is 63.2 Å². The molecule has 1 amide bonds. The molecule has 0 unspecified atom stereocenters. The molecule has 0 saturated carbocycles. The maximum atomic E-state index is 12.5. The number of amides is 1. The molecular formula is C16H20N6OS. The first kappa shape index (κ1) is 16.6. The Morgan fingerprint density at radius 1 is 1.21 bits per heavy atom. The van der Waals surface area contributed by atoms with Crippen molar-refractivity contribution in [2.45, 2.75) is 18.5 Å². The molecule has 24 heavy (non-hydrogen) atoms. The minimum absolute atomic E-state index is 0.0390. The second-order valence-corrected chi connectivity index (χ2v) is 6.36. The highest BCUT2D eigenvalue weighted by Crippen LogP contribution is 2.19. The fraction of sp³-hybridized carbons (Fsp3) is 0.438. The lowest BCUT2D eigenvalue weighted by atomic mass is 10.3. The molecule has 0 aliphatic carbocycles. The maximum Gasteiger partial charge on any atom is 0.272 e. The molecule has 0 atom stereocenters. The van der Waals surface area contributed by atoms with Crippen LogP contribution in [0.25, 0.3) is 0 Å². The SMILES string of the molecule is CSc1nc(C)cc(N2CCCN(C(=O)c3ccncn3)CC2)n1. The van der Waals surface area contributed by atoms with Crippen molar-refractivity contribution in [2.24, 2.45) is 0 Å². The molecule has 2 aromatic rings. The average Bonchev–Trinajstić information content (AvgIpc) is 2.87. The van der Waals surface area contributed by atoms with Gasteiger partial charge in [0.2, 0.25) is 0 Å². The van der Waals surface area contributed by atoms with Gasteiger partial charge >= 0.3 is 0 Å². The van der Waals surface area contributed by atoms with Crippen LogP contribution in [0.5, 0.6) is 0 Å². The normalized spacial score (nSPS) is 15.2. The van der Waals surface area contributed by atoms with Gasteiger partial charge in [-0.25, -0.2) is 19.9 Å². The van der Waals surface area contributed by atoms with Gasteiger partial charge in [0.05, 0.1) is 0 Å². The summed E-state index contributed by atoms with van der Waals surface area (Å²) in [7, 11) is 0. The summed E-state index contributed by atoms with van der Waals surface area (Å²) in [6.07, 6.45) is 5.88. The van der Waals surface area contributed by atoms with Gasteiger partial charge < -0.3 is 9.80 Å². The molecule has 126 valence electrons. The minimum Gasteiger partial charge on any atom is -0.355 e. The zero-order valence-corrected chi connectivity index (χ0v) is 14.7. The van der Waals surface area contributed by atoms with Crippen LogP contribution < -0.4 is 4.90 Å². The lowest BCUT2D eigenvalue weighted by molar-refractivity contribution is 0.0761. The highest BCUT2D eigenvalue weighted by molar-refractivity contribution is 7.98. The van der Waals surface area contributed by atoms with Gasteiger partial charge in [-0.1, -0.05) is 11.8 Å². The van der Waals surface area contributed by atoms with Crippen molar-refractivity contribution in [2.75, 3.05) is 37.3 Å². The highest BCUT2D eigenvalue weighted by Gasteiger charge is 2.22. The molecule has 0 aromatic carbocycles. The van der Waals surface area contributed by atoms with Crippen LogP contribution in [0.4, 0.5) is 5.82 Å². The van der Waals surface area contributed by atoms with Gasteiger partial charge in [-0.3, -0.25) is 4.79 Å². The van der Waals surface area contributed by atoms with Crippen LogP contribution in [0.2, 0.25) is 0 Å². The van der Waals surface area contributed by atoms with Crippen LogP contribution in [0.1, 0.15) is 22.6 Å². The number of carbonyl (C=O) groups is 1.